The molecule has 0 aliphatic carbocycles. The van der Waals surface area contributed by atoms with Gasteiger partial charge >= 0.3 is 6.36 Å². The van der Waals surface area contributed by atoms with E-state index in [2.05, 4.69) is 30.2 Å². The van der Waals surface area contributed by atoms with Crippen molar-refractivity contribution in [3.05, 3.63) is 54.6 Å². The predicted octanol–water partition coefficient (Wildman–Crippen LogP) is 5.90. The summed E-state index contributed by atoms with van der Waals surface area (Å²) in [6.45, 7) is 1.91. The first-order valence-corrected chi connectivity index (χ1v) is 10.5. The number of nitrogens with one attached hydrogen (secondary N) is 2. The molecule has 0 saturated carbocycles. The summed E-state index contributed by atoms with van der Waals surface area (Å²) in [5.41, 5.74) is 10.2. The molecule has 0 unspecified atom stereocenters. The number of pyridine rings is 2. The van der Waals surface area contributed by atoms with Gasteiger partial charge in [-0.15, -0.1) is 50.4 Å². The number of piperidine rings is 1. The van der Waals surface area contributed by atoms with Crippen LogP contribution in [-0.4, -0.2) is 39.6 Å². The van der Waals surface area contributed by atoms with Gasteiger partial charge in [-0.3, -0.25) is 10.1 Å². The van der Waals surface area contributed by atoms with Crippen molar-refractivity contribution in [1.29, 1.82) is 0 Å². The second-order valence-electron chi connectivity index (χ2n) is 7.99. The molecule has 1 saturated heterocycles. The zero-order chi connectivity index (χ0) is 23.0. The van der Waals surface area contributed by atoms with Crippen molar-refractivity contribution in [2.45, 2.75) is 25.1 Å². The Morgan fingerprint density at radius 1 is 0.917 bits per heavy atom. The van der Waals surface area contributed by atoms with Crippen LogP contribution in [0.4, 0.5) is 19.0 Å². The minimum Gasteiger partial charge on any atom is -0.406 e. The number of hydrogen-bond donors (Lipinski definition) is 3. The number of alkyl halides is 3. The molecule has 5 rings (SSSR count). The number of nitrogens with two attached hydrogens (primary N) is 1. The fraction of sp³-hybridized carbons (Fsp3) is 0.261. The van der Waals surface area contributed by atoms with Crippen molar-refractivity contribution in [1.82, 2.24) is 25.5 Å². The Morgan fingerprint density at radius 2 is 1.67 bits per heavy atom. The van der Waals surface area contributed by atoms with Crippen LogP contribution in [0.25, 0.3) is 33.2 Å². The van der Waals surface area contributed by atoms with E-state index in [4.69, 9.17) is 5.73 Å². The molecular formula is C23H24Cl3F3N6O. The lowest BCUT2D eigenvalue weighted by Crippen LogP contribution is -2.27. The van der Waals surface area contributed by atoms with Crippen molar-refractivity contribution in [3.63, 3.8) is 0 Å². The van der Waals surface area contributed by atoms with Crippen LogP contribution in [0.2, 0.25) is 0 Å². The summed E-state index contributed by atoms with van der Waals surface area (Å²) in [6.07, 6.45) is 2.36. The molecule has 1 aliphatic rings. The maximum atomic E-state index is 12.5. The number of hydrogen-bond acceptors (Lipinski definition) is 6. The molecule has 7 nitrogen and oxygen atoms in total. The van der Waals surface area contributed by atoms with Gasteiger partial charge in [-0.1, -0.05) is 6.07 Å². The maximum Gasteiger partial charge on any atom is 0.573 e. The van der Waals surface area contributed by atoms with E-state index in [1.165, 1.54) is 18.3 Å². The Kier molecular flexibility index (Phi) is 9.78. The predicted molar refractivity (Wildman–Crippen MR) is 140 cm³/mol. The summed E-state index contributed by atoms with van der Waals surface area (Å²) < 4.78 is 41.5. The van der Waals surface area contributed by atoms with Crippen LogP contribution in [0, 0.1) is 0 Å². The van der Waals surface area contributed by atoms with Crippen LogP contribution in [0.5, 0.6) is 5.75 Å². The molecule has 13 heteroatoms. The third-order valence-corrected chi connectivity index (χ3v) is 5.83. The fourth-order valence-corrected chi connectivity index (χ4v) is 4.23. The molecule has 1 aromatic carbocycles. The number of benzene rings is 1. The average Bonchev–Trinajstić information content (AvgIpc) is 3.29. The standard InChI is InChI=1S/C23H21F3N6O.3ClH/c24-23(25,26)33-17-2-1-14-9-20(29-10-15(14)7-17)18-8-16(11-30-22(18)27)19-12-31-32-21(19)13-3-5-28-6-4-13;;;/h1-2,7-13,28H,3-6H2,(H2,27,30)(H,31,32);3*1H. The topological polar surface area (TPSA) is 102 Å². The van der Waals surface area contributed by atoms with E-state index in [-0.39, 0.29) is 43.0 Å². The van der Waals surface area contributed by atoms with E-state index >= 15 is 0 Å². The first kappa shape index (κ1) is 29.4. The highest BCUT2D eigenvalue weighted by Gasteiger charge is 2.31. The van der Waals surface area contributed by atoms with Crippen molar-refractivity contribution in [3.8, 4) is 28.1 Å². The first-order chi connectivity index (χ1) is 15.9. The Balaban J connectivity index is 0.00000152. The molecule has 4 N–H and O–H groups in total. The van der Waals surface area contributed by atoms with E-state index in [1.807, 2.05) is 12.3 Å². The molecule has 3 aromatic heterocycles. The Labute approximate surface area is 223 Å². The number of halogens is 6. The van der Waals surface area contributed by atoms with Gasteiger partial charge in [0.2, 0.25) is 0 Å². The zero-order valence-corrected chi connectivity index (χ0v) is 21.2. The van der Waals surface area contributed by atoms with Crippen LogP contribution in [0.3, 0.4) is 0 Å². The highest BCUT2D eigenvalue weighted by Crippen LogP contribution is 2.35. The number of fused-ring (bicyclic) bond motifs is 1. The van der Waals surface area contributed by atoms with Gasteiger partial charge in [0.25, 0.3) is 0 Å². The van der Waals surface area contributed by atoms with Gasteiger partial charge in [0.15, 0.2) is 0 Å². The Hall–Kier alpha value is -2.79. The van der Waals surface area contributed by atoms with Crippen molar-refractivity contribution >= 4 is 53.8 Å². The lowest BCUT2D eigenvalue weighted by Gasteiger charge is -2.22. The normalized spacial score (nSPS) is 13.9. The van der Waals surface area contributed by atoms with Crippen LogP contribution in [-0.2, 0) is 0 Å². The highest BCUT2D eigenvalue weighted by molar-refractivity contribution is 5.88. The van der Waals surface area contributed by atoms with E-state index in [0.29, 0.717) is 33.8 Å². The van der Waals surface area contributed by atoms with E-state index in [9.17, 15) is 13.2 Å². The number of aromatic amines is 1. The number of nitrogen functional groups attached to an aromatic ring is 1. The van der Waals surface area contributed by atoms with Gasteiger partial charge in [0.1, 0.15) is 11.6 Å². The van der Waals surface area contributed by atoms with Gasteiger partial charge in [-0.25, -0.2) is 4.98 Å². The Bertz CT molecular complexity index is 1310. The largest absolute Gasteiger partial charge is 0.573 e. The molecule has 0 bridgehead atoms. The summed E-state index contributed by atoms with van der Waals surface area (Å²) in [5, 5.41) is 12.1. The van der Waals surface area contributed by atoms with Gasteiger partial charge in [-0.2, -0.15) is 5.10 Å². The number of nitrogens with zero attached hydrogens (tertiary/aromatic N) is 3. The number of anilines is 1. The van der Waals surface area contributed by atoms with Gasteiger partial charge in [-0.05, 0) is 55.6 Å². The van der Waals surface area contributed by atoms with Gasteiger partial charge in [0.05, 0.1) is 11.4 Å². The van der Waals surface area contributed by atoms with Crippen molar-refractivity contribution in [2.24, 2.45) is 0 Å². The highest BCUT2D eigenvalue weighted by atomic mass is 35.5. The third-order valence-electron chi connectivity index (χ3n) is 5.83. The van der Waals surface area contributed by atoms with Gasteiger partial charge < -0.3 is 15.8 Å². The number of rotatable bonds is 4. The molecular weight excluding hydrogens is 540 g/mol. The Morgan fingerprint density at radius 3 is 2.39 bits per heavy atom. The number of H-pyrrole nitrogens is 1. The average molecular weight is 564 g/mol. The second-order valence-corrected chi connectivity index (χ2v) is 7.99. The van der Waals surface area contributed by atoms with Crippen LogP contribution in [0.1, 0.15) is 24.5 Å². The van der Waals surface area contributed by atoms with Gasteiger partial charge in [0, 0.05) is 46.6 Å². The molecule has 4 aromatic rings. The first-order valence-electron chi connectivity index (χ1n) is 10.5. The SMILES string of the molecule is Cl.Cl.Cl.Nc1ncc(-c2c[nH]nc2C2CCNCC2)cc1-c1cc2ccc(OC(F)(F)F)cc2cn1. The zero-order valence-electron chi connectivity index (χ0n) is 18.7. The molecule has 4 heterocycles. The molecule has 1 fully saturated rings. The summed E-state index contributed by atoms with van der Waals surface area (Å²) in [5.74, 6) is 0.382. The monoisotopic (exact) mass is 562 g/mol. The van der Waals surface area contributed by atoms with E-state index in [0.717, 1.165) is 42.8 Å². The molecule has 0 spiro atoms. The third kappa shape index (κ3) is 6.31. The molecule has 0 amide bonds. The smallest absolute Gasteiger partial charge is 0.406 e. The van der Waals surface area contributed by atoms with Crippen molar-refractivity contribution in [2.75, 3.05) is 18.8 Å². The van der Waals surface area contributed by atoms with Crippen molar-refractivity contribution < 1.29 is 17.9 Å². The maximum absolute atomic E-state index is 12.5. The number of aromatic nitrogens is 4. The van der Waals surface area contributed by atoms with Crippen LogP contribution in [0.15, 0.2) is 48.9 Å². The second kappa shape index (κ2) is 12.0. The summed E-state index contributed by atoms with van der Waals surface area (Å²) >= 11 is 0. The summed E-state index contributed by atoms with van der Waals surface area (Å²) in [6, 6.07) is 7.82. The quantitative estimate of drug-likeness (QED) is 0.286. The summed E-state index contributed by atoms with van der Waals surface area (Å²) in [4.78, 5) is 8.79. The minimum absolute atomic E-state index is 0. The molecule has 0 radical (unpaired) electrons. The molecule has 1 aliphatic heterocycles. The minimum atomic E-state index is -4.75. The molecule has 194 valence electrons. The van der Waals surface area contributed by atoms with E-state index < -0.39 is 6.36 Å². The number of ether oxygens (including phenoxy) is 1. The lowest BCUT2D eigenvalue weighted by molar-refractivity contribution is -0.274. The van der Waals surface area contributed by atoms with Crippen LogP contribution >= 0.6 is 37.2 Å². The summed E-state index contributed by atoms with van der Waals surface area (Å²) in [7, 11) is 0. The fourth-order valence-electron chi connectivity index (χ4n) is 4.23. The molecule has 36 heavy (non-hydrogen) atoms. The molecule has 0 atom stereocenters. The van der Waals surface area contributed by atoms with Crippen LogP contribution < -0.4 is 15.8 Å². The van der Waals surface area contributed by atoms with E-state index in [1.54, 1.807) is 18.3 Å². The lowest BCUT2D eigenvalue weighted by atomic mass is 9.90.